The van der Waals surface area contributed by atoms with E-state index in [4.69, 9.17) is 0 Å². The molecule has 3 nitrogen and oxygen atoms in total. The number of hydrogen-bond acceptors (Lipinski definition) is 4. The highest BCUT2D eigenvalue weighted by Gasteiger charge is 2.22. The molecule has 3 rings (SSSR count). The molecule has 0 amide bonds. The normalized spacial score (nSPS) is 12.9. The Morgan fingerprint density at radius 1 is 1.00 bits per heavy atom. The smallest absolute Gasteiger partial charge is 0.423 e. The number of fused-ring (bicyclic) bond motifs is 2. The van der Waals surface area contributed by atoms with Crippen molar-refractivity contribution in [1.29, 1.82) is 0 Å². The largest absolute Gasteiger partial charge is 0.488 e. The van der Waals surface area contributed by atoms with Crippen LogP contribution in [0, 0.1) is 0 Å². The second kappa shape index (κ2) is 4.35. The Kier molecular flexibility index (Phi) is 2.82. The standard InChI is InChI=1S/C13H12BNO2S/c1-15-10-4-2-3-5-12(10)18-13-8-9(14(16)17)6-7-11(13)15/h2-8,16-17H,1H3. The predicted octanol–water partition coefficient (Wildman–Crippen LogP) is 1.60. The van der Waals surface area contributed by atoms with Gasteiger partial charge in [-0.2, -0.15) is 0 Å². The summed E-state index contributed by atoms with van der Waals surface area (Å²) in [6.45, 7) is 0. The Hall–Kier alpha value is -1.43. The van der Waals surface area contributed by atoms with Gasteiger partial charge in [-0.15, -0.1) is 0 Å². The number of nitrogens with zero attached hydrogens (tertiary/aromatic N) is 1. The number of benzene rings is 2. The minimum absolute atomic E-state index is 0.522. The monoisotopic (exact) mass is 257 g/mol. The molecule has 0 atom stereocenters. The molecule has 0 unspecified atom stereocenters. The molecule has 2 aromatic carbocycles. The minimum Gasteiger partial charge on any atom is -0.423 e. The van der Waals surface area contributed by atoms with Crippen LogP contribution >= 0.6 is 11.8 Å². The molecule has 90 valence electrons. The maximum atomic E-state index is 9.22. The fourth-order valence-corrected chi connectivity index (χ4v) is 3.32. The lowest BCUT2D eigenvalue weighted by Crippen LogP contribution is -2.30. The zero-order valence-electron chi connectivity index (χ0n) is 9.87. The van der Waals surface area contributed by atoms with Crippen molar-refractivity contribution in [2.75, 3.05) is 11.9 Å². The summed E-state index contributed by atoms with van der Waals surface area (Å²) in [5.41, 5.74) is 2.78. The molecule has 1 aliphatic heterocycles. The molecule has 0 fully saturated rings. The van der Waals surface area contributed by atoms with Crippen LogP contribution in [0.3, 0.4) is 0 Å². The van der Waals surface area contributed by atoms with E-state index in [1.165, 1.54) is 10.6 Å². The van der Waals surface area contributed by atoms with Crippen LogP contribution in [0.1, 0.15) is 0 Å². The highest BCUT2D eigenvalue weighted by atomic mass is 32.2. The summed E-state index contributed by atoms with van der Waals surface area (Å²) in [4.78, 5) is 4.34. The van der Waals surface area contributed by atoms with Crippen LogP contribution in [-0.4, -0.2) is 24.2 Å². The van der Waals surface area contributed by atoms with E-state index < -0.39 is 7.12 Å². The molecule has 0 saturated carbocycles. The van der Waals surface area contributed by atoms with Crippen molar-refractivity contribution < 1.29 is 10.0 Å². The molecular weight excluding hydrogens is 245 g/mol. The number of hydrogen-bond donors (Lipinski definition) is 2. The lowest BCUT2D eigenvalue weighted by atomic mass is 9.80. The van der Waals surface area contributed by atoms with Crippen LogP contribution < -0.4 is 10.4 Å². The average Bonchev–Trinajstić information content (AvgIpc) is 2.38. The van der Waals surface area contributed by atoms with Gasteiger partial charge in [0.2, 0.25) is 0 Å². The van der Waals surface area contributed by atoms with Gasteiger partial charge >= 0.3 is 7.12 Å². The predicted molar refractivity (Wildman–Crippen MR) is 74.9 cm³/mol. The van der Waals surface area contributed by atoms with Crippen LogP contribution in [0.15, 0.2) is 52.3 Å². The van der Waals surface area contributed by atoms with Gasteiger partial charge in [-0.25, -0.2) is 0 Å². The van der Waals surface area contributed by atoms with Crippen molar-refractivity contribution in [3.8, 4) is 0 Å². The molecule has 1 aliphatic rings. The van der Waals surface area contributed by atoms with Crippen LogP contribution in [-0.2, 0) is 0 Å². The number of rotatable bonds is 1. The molecule has 0 saturated heterocycles. The lowest BCUT2D eigenvalue weighted by Gasteiger charge is -2.29. The van der Waals surface area contributed by atoms with E-state index in [1.807, 2.05) is 31.3 Å². The Labute approximate surface area is 110 Å². The first-order valence-corrected chi connectivity index (χ1v) is 6.49. The minimum atomic E-state index is -1.42. The van der Waals surface area contributed by atoms with Crippen LogP contribution in [0.4, 0.5) is 11.4 Å². The van der Waals surface area contributed by atoms with Crippen molar-refractivity contribution in [3.05, 3.63) is 42.5 Å². The second-order valence-corrected chi connectivity index (χ2v) is 5.31. The first-order chi connectivity index (χ1) is 8.66. The van der Waals surface area contributed by atoms with Gasteiger partial charge in [0.1, 0.15) is 0 Å². The zero-order valence-corrected chi connectivity index (χ0v) is 10.7. The molecule has 0 bridgehead atoms. The van der Waals surface area contributed by atoms with E-state index >= 15 is 0 Å². The van der Waals surface area contributed by atoms with Gasteiger partial charge < -0.3 is 14.9 Å². The summed E-state index contributed by atoms with van der Waals surface area (Å²) in [6, 6.07) is 13.7. The van der Waals surface area contributed by atoms with Gasteiger partial charge in [-0.05, 0) is 29.7 Å². The van der Waals surface area contributed by atoms with Crippen molar-refractivity contribution in [2.45, 2.75) is 9.79 Å². The maximum absolute atomic E-state index is 9.22. The third-order valence-electron chi connectivity index (χ3n) is 3.09. The van der Waals surface area contributed by atoms with Gasteiger partial charge in [-0.3, -0.25) is 0 Å². The maximum Gasteiger partial charge on any atom is 0.488 e. The zero-order chi connectivity index (χ0) is 12.7. The number of anilines is 2. The van der Waals surface area contributed by atoms with E-state index in [1.54, 1.807) is 17.8 Å². The summed E-state index contributed by atoms with van der Waals surface area (Å²) in [7, 11) is 0.602. The molecule has 2 N–H and O–H groups in total. The lowest BCUT2D eigenvalue weighted by molar-refractivity contribution is 0.425. The van der Waals surface area contributed by atoms with E-state index in [-0.39, 0.29) is 0 Å². The van der Waals surface area contributed by atoms with Gasteiger partial charge in [0, 0.05) is 16.8 Å². The molecule has 0 aromatic heterocycles. The average molecular weight is 257 g/mol. The van der Waals surface area contributed by atoms with Crippen molar-refractivity contribution >= 4 is 35.7 Å². The van der Waals surface area contributed by atoms with Gasteiger partial charge in [0.05, 0.1) is 11.4 Å². The molecule has 0 spiro atoms. The van der Waals surface area contributed by atoms with Crippen molar-refractivity contribution in [2.24, 2.45) is 0 Å². The van der Waals surface area contributed by atoms with Gasteiger partial charge in [-0.1, -0.05) is 30.0 Å². The van der Waals surface area contributed by atoms with Crippen LogP contribution in [0.5, 0.6) is 0 Å². The third kappa shape index (κ3) is 1.80. The Balaban J connectivity index is 2.10. The molecule has 5 heteroatoms. The van der Waals surface area contributed by atoms with Crippen LogP contribution in [0.2, 0.25) is 0 Å². The first kappa shape index (κ1) is 11.7. The molecule has 0 radical (unpaired) electrons. The highest BCUT2D eigenvalue weighted by Crippen LogP contribution is 2.46. The summed E-state index contributed by atoms with van der Waals surface area (Å²) in [6.07, 6.45) is 0. The van der Waals surface area contributed by atoms with E-state index in [0.717, 1.165) is 10.6 Å². The van der Waals surface area contributed by atoms with E-state index in [0.29, 0.717) is 5.46 Å². The molecule has 0 aliphatic carbocycles. The van der Waals surface area contributed by atoms with Crippen LogP contribution in [0.25, 0.3) is 0 Å². The quantitative estimate of drug-likeness (QED) is 0.761. The second-order valence-electron chi connectivity index (χ2n) is 4.23. The third-order valence-corrected chi connectivity index (χ3v) is 4.20. The number of para-hydroxylation sites is 1. The van der Waals surface area contributed by atoms with E-state index in [2.05, 4.69) is 17.0 Å². The topological polar surface area (TPSA) is 43.7 Å². The Morgan fingerprint density at radius 2 is 1.72 bits per heavy atom. The molecule has 1 heterocycles. The van der Waals surface area contributed by atoms with E-state index in [9.17, 15) is 10.0 Å². The summed E-state index contributed by atoms with van der Waals surface area (Å²) in [5.74, 6) is 0. The van der Waals surface area contributed by atoms with Crippen molar-refractivity contribution in [3.63, 3.8) is 0 Å². The van der Waals surface area contributed by atoms with Gasteiger partial charge in [0.25, 0.3) is 0 Å². The van der Waals surface area contributed by atoms with Crippen molar-refractivity contribution in [1.82, 2.24) is 0 Å². The highest BCUT2D eigenvalue weighted by molar-refractivity contribution is 7.99. The molecule has 2 aromatic rings. The summed E-state index contributed by atoms with van der Waals surface area (Å²) < 4.78 is 0. The fourth-order valence-electron chi connectivity index (χ4n) is 2.12. The SMILES string of the molecule is CN1c2ccccc2Sc2cc(B(O)O)ccc21. The fraction of sp³-hybridized carbons (Fsp3) is 0.0769. The molecular formula is C13H12BNO2S. The first-order valence-electron chi connectivity index (χ1n) is 5.67. The summed E-state index contributed by atoms with van der Waals surface area (Å²) >= 11 is 1.65. The Bertz CT molecular complexity index is 603. The molecule has 18 heavy (non-hydrogen) atoms. The van der Waals surface area contributed by atoms with Gasteiger partial charge in [0.15, 0.2) is 0 Å². The Morgan fingerprint density at radius 3 is 2.50 bits per heavy atom. The summed E-state index contributed by atoms with van der Waals surface area (Å²) in [5, 5.41) is 18.4.